The zero-order valence-electron chi connectivity index (χ0n) is 10.3. The average molecular weight is 226 g/mol. The van der Waals surface area contributed by atoms with Crippen LogP contribution in [0.3, 0.4) is 0 Å². The van der Waals surface area contributed by atoms with E-state index in [1.807, 2.05) is 0 Å². The monoisotopic (exact) mass is 226 g/mol. The van der Waals surface area contributed by atoms with Gasteiger partial charge in [0.2, 0.25) is 0 Å². The fraction of sp³-hybridized carbons (Fsp3) is 1.00. The lowest BCUT2D eigenvalue weighted by atomic mass is 9.96. The molecule has 1 aliphatic carbocycles. The highest BCUT2D eigenvalue weighted by Crippen LogP contribution is 2.39. The average Bonchev–Trinajstić information content (AvgIpc) is 3.05. The molecule has 3 N–H and O–H groups in total. The van der Waals surface area contributed by atoms with Crippen molar-refractivity contribution in [2.45, 2.75) is 50.5 Å². The van der Waals surface area contributed by atoms with Crippen LogP contribution in [0.4, 0.5) is 0 Å². The Bertz CT molecular complexity index is 210. The van der Waals surface area contributed by atoms with Crippen molar-refractivity contribution in [1.29, 1.82) is 0 Å². The lowest BCUT2D eigenvalue weighted by molar-refractivity contribution is -0.00989. The van der Waals surface area contributed by atoms with Gasteiger partial charge in [0.1, 0.15) is 0 Å². The van der Waals surface area contributed by atoms with Gasteiger partial charge in [0, 0.05) is 13.1 Å². The highest BCUT2D eigenvalue weighted by molar-refractivity contribution is 4.97. The van der Waals surface area contributed by atoms with Crippen LogP contribution < -0.4 is 5.73 Å². The number of rotatable bonds is 4. The molecule has 3 nitrogen and oxygen atoms in total. The standard InChI is InChI=1S/C13H26N2O/c14-10-13(16,12-6-7-12)11-15-8-4-2-1-3-5-9-15/h12,16H,1-11,14H2. The second kappa shape index (κ2) is 5.48. The molecule has 1 heterocycles. The van der Waals surface area contributed by atoms with Gasteiger partial charge < -0.3 is 15.7 Å². The zero-order chi connectivity index (χ0) is 11.4. The predicted octanol–water partition coefficient (Wildman–Crippen LogP) is 1.35. The number of nitrogens with zero attached hydrogens (tertiary/aromatic N) is 1. The largest absolute Gasteiger partial charge is 0.387 e. The smallest absolute Gasteiger partial charge is 0.0923 e. The summed E-state index contributed by atoms with van der Waals surface area (Å²) in [6.07, 6.45) is 8.99. The summed E-state index contributed by atoms with van der Waals surface area (Å²) < 4.78 is 0. The van der Waals surface area contributed by atoms with Crippen molar-refractivity contribution in [3.8, 4) is 0 Å². The number of hydrogen-bond acceptors (Lipinski definition) is 3. The number of hydrogen-bond donors (Lipinski definition) is 2. The first-order valence-corrected chi connectivity index (χ1v) is 6.89. The molecule has 94 valence electrons. The van der Waals surface area contributed by atoms with Gasteiger partial charge in [-0.2, -0.15) is 0 Å². The molecular weight excluding hydrogens is 200 g/mol. The third kappa shape index (κ3) is 3.19. The maximum Gasteiger partial charge on any atom is 0.0923 e. The highest BCUT2D eigenvalue weighted by atomic mass is 16.3. The third-order valence-electron chi connectivity index (χ3n) is 4.14. The second-order valence-corrected chi connectivity index (χ2v) is 5.63. The van der Waals surface area contributed by atoms with Crippen molar-refractivity contribution in [3.05, 3.63) is 0 Å². The first kappa shape index (κ1) is 12.3. The molecule has 1 atom stereocenters. The quantitative estimate of drug-likeness (QED) is 0.761. The molecule has 0 aromatic carbocycles. The van der Waals surface area contributed by atoms with E-state index in [4.69, 9.17) is 5.73 Å². The molecular formula is C13H26N2O. The van der Waals surface area contributed by atoms with Crippen LogP contribution in [0, 0.1) is 5.92 Å². The van der Waals surface area contributed by atoms with Crippen molar-refractivity contribution in [1.82, 2.24) is 4.90 Å². The van der Waals surface area contributed by atoms with E-state index in [1.54, 1.807) is 0 Å². The summed E-state index contributed by atoms with van der Waals surface area (Å²) in [5, 5.41) is 10.5. The molecule has 1 unspecified atom stereocenters. The normalized spacial score (nSPS) is 28.1. The van der Waals surface area contributed by atoms with Crippen LogP contribution >= 0.6 is 0 Å². The molecule has 1 aliphatic heterocycles. The van der Waals surface area contributed by atoms with Crippen molar-refractivity contribution in [2.24, 2.45) is 11.7 Å². The van der Waals surface area contributed by atoms with Gasteiger partial charge in [-0.25, -0.2) is 0 Å². The van der Waals surface area contributed by atoms with Gasteiger partial charge in [-0.15, -0.1) is 0 Å². The molecule has 0 aromatic rings. The van der Waals surface area contributed by atoms with Crippen LogP contribution in [0.2, 0.25) is 0 Å². The van der Waals surface area contributed by atoms with Crippen molar-refractivity contribution >= 4 is 0 Å². The summed E-state index contributed by atoms with van der Waals surface area (Å²) in [7, 11) is 0. The van der Waals surface area contributed by atoms with Gasteiger partial charge in [0.15, 0.2) is 0 Å². The van der Waals surface area contributed by atoms with Crippen LogP contribution in [-0.2, 0) is 0 Å². The van der Waals surface area contributed by atoms with Gasteiger partial charge in [-0.1, -0.05) is 19.3 Å². The molecule has 2 fully saturated rings. The van der Waals surface area contributed by atoms with E-state index < -0.39 is 5.60 Å². The maximum absolute atomic E-state index is 10.5. The molecule has 1 saturated carbocycles. The van der Waals surface area contributed by atoms with Crippen LogP contribution in [0.25, 0.3) is 0 Å². The van der Waals surface area contributed by atoms with E-state index in [0.29, 0.717) is 12.5 Å². The van der Waals surface area contributed by atoms with Crippen LogP contribution in [0.1, 0.15) is 44.9 Å². The summed E-state index contributed by atoms with van der Waals surface area (Å²) in [4.78, 5) is 2.43. The molecule has 0 aromatic heterocycles. The fourth-order valence-electron chi connectivity index (χ4n) is 2.84. The molecule has 0 bridgehead atoms. The molecule has 2 aliphatic rings. The van der Waals surface area contributed by atoms with E-state index >= 15 is 0 Å². The van der Waals surface area contributed by atoms with Crippen LogP contribution in [0.15, 0.2) is 0 Å². The Labute approximate surface area is 99.0 Å². The van der Waals surface area contributed by atoms with E-state index in [1.165, 1.54) is 44.9 Å². The van der Waals surface area contributed by atoms with E-state index in [9.17, 15) is 5.11 Å². The molecule has 3 heteroatoms. The zero-order valence-corrected chi connectivity index (χ0v) is 10.3. The predicted molar refractivity (Wildman–Crippen MR) is 66.3 cm³/mol. The first-order chi connectivity index (χ1) is 7.74. The summed E-state index contributed by atoms with van der Waals surface area (Å²) in [6, 6.07) is 0. The summed E-state index contributed by atoms with van der Waals surface area (Å²) in [5.74, 6) is 0.475. The third-order valence-corrected chi connectivity index (χ3v) is 4.14. The lowest BCUT2D eigenvalue weighted by Gasteiger charge is -2.34. The van der Waals surface area contributed by atoms with E-state index in [2.05, 4.69) is 4.90 Å². The topological polar surface area (TPSA) is 49.5 Å². The van der Waals surface area contributed by atoms with Gasteiger partial charge in [-0.05, 0) is 44.7 Å². The summed E-state index contributed by atoms with van der Waals surface area (Å²) in [6.45, 7) is 3.52. The van der Waals surface area contributed by atoms with Crippen molar-refractivity contribution < 1.29 is 5.11 Å². The van der Waals surface area contributed by atoms with Crippen molar-refractivity contribution in [3.63, 3.8) is 0 Å². The minimum Gasteiger partial charge on any atom is -0.387 e. The van der Waals surface area contributed by atoms with Crippen LogP contribution in [0.5, 0.6) is 0 Å². The van der Waals surface area contributed by atoms with Gasteiger partial charge >= 0.3 is 0 Å². The Hall–Kier alpha value is -0.120. The molecule has 16 heavy (non-hydrogen) atoms. The molecule has 0 amide bonds. The minimum absolute atomic E-state index is 0.425. The molecule has 2 rings (SSSR count). The molecule has 0 radical (unpaired) electrons. The van der Waals surface area contributed by atoms with Crippen molar-refractivity contribution in [2.75, 3.05) is 26.2 Å². The van der Waals surface area contributed by atoms with Gasteiger partial charge in [0.25, 0.3) is 0 Å². The summed E-state index contributed by atoms with van der Waals surface area (Å²) >= 11 is 0. The van der Waals surface area contributed by atoms with E-state index in [-0.39, 0.29) is 0 Å². The Balaban J connectivity index is 1.85. The lowest BCUT2D eigenvalue weighted by Crippen LogP contribution is -2.50. The Morgan fingerprint density at radius 1 is 1.06 bits per heavy atom. The number of nitrogens with two attached hydrogens (primary N) is 1. The SMILES string of the molecule is NCC(O)(CN1CCCCCCC1)C1CC1. The van der Waals surface area contributed by atoms with Gasteiger partial charge in [0.05, 0.1) is 5.60 Å². The number of aliphatic hydroxyl groups is 1. The minimum atomic E-state index is -0.598. The Morgan fingerprint density at radius 2 is 1.62 bits per heavy atom. The molecule has 0 spiro atoms. The Morgan fingerprint density at radius 3 is 2.12 bits per heavy atom. The maximum atomic E-state index is 10.5. The highest BCUT2D eigenvalue weighted by Gasteiger charge is 2.43. The van der Waals surface area contributed by atoms with E-state index in [0.717, 1.165) is 19.6 Å². The van der Waals surface area contributed by atoms with Gasteiger partial charge in [-0.3, -0.25) is 0 Å². The fourth-order valence-corrected chi connectivity index (χ4v) is 2.84. The van der Waals surface area contributed by atoms with Crippen LogP contribution in [-0.4, -0.2) is 41.8 Å². The Kier molecular flexibility index (Phi) is 4.22. The second-order valence-electron chi connectivity index (χ2n) is 5.63. The molecule has 1 saturated heterocycles. The number of likely N-dealkylation sites (tertiary alicyclic amines) is 1. The first-order valence-electron chi connectivity index (χ1n) is 6.89. The number of β-amino-alcohol motifs (C(OH)–C–C–N with tert-alkyl or cyclic N) is 1. The summed E-state index contributed by atoms with van der Waals surface area (Å²) in [5.41, 5.74) is 5.16.